The predicted octanol–water partition coefficient (Wildman–Crippen LogP) is 6.29. The van der Waals surface area contributed by atoms with Crippen molar-refractivity contribution in [3.05, 3.63) is 71.3 Å². The molecule has 0 atom stereocenters. The zero-order chi connectivity index (χ0) is 19.6. The van der Waals surface area contributed by atoms with Crippen LogP contribution in [0, 0.1) is 5.92 Å². The standard InChI is InChI=1S/C26H35NO/c1-2-3-4-5-7-10-22-13-15-25(16-14-22)26(28)27-19-17-24(18-20-27)21-23-11-8-6-9-12-23/h6,8-9,11-16,24H,2-5,7,10,17-21H2,1H3. The Hall–Kier alpha value is -2.09. The molecule has 0 unspecified atom stereocenters. The van der Waals surface area contributed by atoms with E-state index in [-0.39, 0.29) is 5.91 Å². The molecule has 2 heteroatoms. The molecule has 1 aliphatic heterocycles. The van der Waals surface area contributed by atoms with Gasteiger partial charge in [0.15, 0.2) is 0 Å². The van der Waals surface area contributed by atoms with Crippen LogP contribution in [0.3, 0.4) is 0 Å². The summed E-state index contributed by atoms with van der Waals surface area (Å²) >= 11 is 0. The van der Waals surface area contributed by atoms with Crippen LogP contribution in [0.1, 0.15) is 73.4 Å². The number of rotatable bonds is 9. The maximum atomic E-state index is 12.8. The maximum absolute atomic E-state index is 12.8. The molecule has 0 bridgehead atoms. The highest BCUT2D eigenvalue weighted by atomic mass is 16.2. The summed E-state index contributed by atoms with van der Waals surface area (Å²) in [7, 11) is 0. The molecule has 2 aromatic rings. The van der Waals surface area contributed by atoms with E-state index in [1.807, 2.05) is 17.0 Å². The average molecular weight is 378 g/mol. The van der Waals surface area contributed by atoms with E-state index in [1.165, 1.54) is 43.2 Å². The fourth-order valence-electron chi connectivity index (χ4n) is 4.22. The summed E-state index contributed by atoms with van der Waals surface area (Å²) in [5.41, 5.74) is 3.61. The van der Waals surface area contributed by atoms with E-state index in [0.29, 0.717) is 5.92 Å². The SMILES string of the molecule is CCCCCCCc1ccc(C(=O)N2CCC(Cc3ccccc3)CC2)cc1. The van der Waals surface area contributed by atoms with Gasteiger partial charge in [-0.25, -0.2) is 0 Å². The Morgan fingerprint density at radius 1 is 0.857 bits per heavy atom. The van der Waals surface area contributed by atoms with Crippen molar-refractivity contribution >= 4 is 5.91 Å². The number of carbonyl (C=O) groups is 1. The van der Waals surface area contributed by atoms with Gasteiger partial charge in [-0.05, 0) is 61.3 Å². The van der Waals surface area contributed by atoms with Crippen molar-refractivity contribution in [3.63, 3.8) is 0 Å². The molecule has 0 spiro atoms. The molecular formula is C26H35NO. The van der Waals surface area contributed by atoms with Crippen LogP contribution in [-0.4, -0.2) is 23.9 Å². The Morgan fingerprint density at radius 2 is 1.54 bits per heavy atom. The first-order chi connectivity index (χ1) is 13.8. The molecule has 2 aromatic carbocycles. The number of hydrogen-bond donors (Lipinski definition) is 0. The van der Waals surface area contributed by atoms with Gasteiger partial charge in [-0.3, -0.25) is 4.79 Å². The Morgan fingerprint density at radius 3 is 2.21 bits per heavy atom. The molecule has 3 rings (SSSR count). The topological polar surface area (TPSA) is 20.3 Å². The van der Waals surface area contributed by atoms with Crippen molar-refractivity contribution < 1.29 is 4.79 Å². The van der Waals surface area contributed by atoms with Crippen LogP contribution in [0.15, 0.2) is 54.6 Å². The highest BCUT2D eigenvalue weighted by molar-refractivity contribution is 5.94. The summed E-state index contributed by atoms with van der Waals surface area (Å²) in [6.45, 7) is 4.02. The maximum Gasteiger partial charge on any atom is 0.253 e. The second-order valence-electron chi connectivity index (χ2n) is 8.29. The van der Waals surface area contributed by atoms with E-state index in [1.54, 1.807) is 0 Å². The molecule has 1 saturated heterocycles. The lowest BCUT2D eigenvalue weighted by molar-refractivity contribution is 0.0690. The Kier molecular flexibility index (Phi) is 8.14. The van der Waals surface area contributed by atoms with Gasteiger partial charge in [-0.1, -0.05) is 75.1 Å². The summed E-state index contributed by atoms with van der Waals surface area (Å²) in [6, 6.07) is 19.1. The van der Waals surface area contributed by atoms with Crippen molar-refractivity contribution in [1.29, 1.82) is 0 Å². The summed E-state index contributed by atoms with van der Waals surface area (Å²) in [4.78, 5) is 14.9. The number of amides is 1. The van der Waals surface area contributed by atoms with Crippen LogP contribution in [0.4, 0.5) is 0 Å². The number of benzene rings is 2. The number of nitrogens with zero attached hydrogens (tertiary/aromatic N) is 1. The molecule has 150 valence electrons. The average Bonchev–Trinajstić information content (AvgIpc) is 2.75. The predicted molar refractivity (Wildman–Crippen MR) is 118 cm³/mol. The fourth-order valence-corrected chi connectivity index (χ4v) is 4.22. The molecule has 1 amide bonds. The van der Waals surface area contributed by atoms with E-state index >= 15 is 0 Å². The number of aryl methyl sites for hydroxylation is 1. The van der Waals surface area contributed by atoms with E-state index < -0.39 is 0 Å². The second-order valence-corrected chi connectivity index (χ2v) is 8.29. The van der Waals surface area contributed by atoms with Gasteiger partial charge in [-0.15, -0.1) is 0 Å². The third-order valence-electron chi connectivity index (χ3n) is 6.04. The number of hydrogen-bond acceptors (Lipinski definition) is 1. The van der Waals surface area contributed by atoms with Gasteiger partial charge in [-0.2, -0.15) is 0 Å². The second kappa shape index (κ2) is 11.0. The first-order valence-corrected chi connectivity index (χ1v) is 11.2. The zero-order valence-corrected chi connectivity index (χ0v) is 17.4. The molecule has 0 aliphatic carbocycles. The lowest BCUT2D eigenvalue weighted by Gasteiger charge is -2.32. The highest BCUT2D eigenvalue weighted by Crippen LogP contribution is 2.23. The van der Waals surface area contributed by atoms with Crippen LogP contribution in [0.25, 0.3) is 0 Å². The molecule has 0 N–H and O–H groups in total. The minimum Gasteiger partial charge on any atom is -0.339 e. The summed E-state index contributed by atoms with van der Waals surface area (Å²) in [5, 5.41) is 0. The monoisotopic (exact) mass is 377 g/mol. The zero-order valence-electron chi connectivity index (χ0n) is 17.4. The van der Waals surface area contributed by atoms with Gasteiger partial charge >= 0.3 is 0 Å². The van der Waals surface area contributed by atoms with Gasteiger partial charge in [0.05, 0.1) is 0 Å². The molecule has 0 aromatic heterocycles. The quantitative estimate of drug-likeness (QED) is 0.470. The third-order valence-corrected chi connectivity index (χ3v) is 6.04. The van der Waals surface area contributed by atoms with Gasteiger partial charge in [0, 0.05) is 18.7 Å². The van der Waals surface area contributed by atoms with Crippen molar-refractivity contribution in [1.82, 2.24) is 4.90 Å². The van der Waals surface area contributed by atoms with Gasteiger partial charge in [0.1, 0.15) is 0 Å². The fraction of sp³-hybridized carbons (Fsp3) is 0.500. The van der Waals surface area contributed by atoms with E-state index in [9.17, 15) is 4.79 Å². The normalized spacial score (nSPS) is 15.0. The van der Waals surface area contributed by atoms with E-state index in [4.69, 9.17) is 0 Å². The van der Waals surface area contributed by atoms with Crippen LogP contribution in [0.5, 0.6) is 0 Å². The van der Waals surface area contributed by atoms with Gasteiger partial charge < -0.3 is 4.90 Å². The first-order valence-electron chi connectivity index (χ1n) is 11.2. The Balaban J connectivity index is 1.43. The van der Waals surface area contributed by atoms with Crippen molar-refractivity contribution in [2.45, 2.75) is 64.7 Å². The largest absolute Gasteiger partial charge is 0.339 e. The van der Waals surface area contributed by atoms with Crippen LogP contribution in [-0.2, 0) is 12.8 Å². The highest BCUT2D eigenvalue weighted by Gasteiger charge is 2.23. The lowest BCUT2D eigenvalue weighted by atomic mass is 9.90. The number of piperidine rings is 1. The molecule has 1 aliphatic rings. The lowest BCUT2D eigenvalue weighted by Crippen LogP contribution is -2.38. The Labute approximate surface area is 171 Å². The molecule has 0 radical (unpaired) electrons. The third kappa shape index (κ3) is 6.22. The minimum absolute atomic E-state index is 0.202. The summed E-state index contributed by atoms with van der Waals surface area (Å²) < 4.78 is 0. The molecule has 2 nitrogen and oxygen atoms in total. The number of unbranched alkanes of at least 4 members (excludes halogenated alkanes) is 4. The van der Waals surface area contributed by atoms with Gasteiger partial charge in [0.2, 0.25) is 0 Å². The molecule has 1 fully saturated rings. The van der Waals surface area contributed by atoms with E-state index in [0.717, 1.165) is 44.3 Å². The minimum atomic E-state index is 0.202. The van der Waals surface area contributed by atoms with Crippen molar-refractivity contribution in [3.8, 4) is 0 Å². The molecule has 0 saturated carbocycles. The van der Waals surface area contributed by atoms with Crippen LogP contribution in [0.2, 0.25) is 0 Å². The van der Waals surface area contributed by atoms with Crippen LogP contribution < -0.4 is 0 Å². The van der Waals surface area contributed by atoms with Crippen molar-refractivity contribution in [2.75, 3.05) is 13.1 Å². The summed E-state index contributed by atoms with van der Waals surface area (Å²) in [5.74, 6) is 0.897. The first kappa shape index (κ1) is 20.6. The van der Waals surface area contributed by atoms with Crippen LogP contribution >= 0.6 is 0 Å². The molecule has 28 heavy (non-hydrogen) atoms. The number of carbonyl (C=O) groups excluding carboxylic acids is 1. The van der Waals surface area contributed by atoms with Gasteiger partial charge in [0.25, 0.3) is 5.91 Å². The Bertz CT molecular complexity index is 699. The summed E-state index contributed by atoms with van der Waals surface area (Å²) in [6.07, 6.45) is 11.0. The molecule has 1 heterocycles. The number of likely N-dealkylation sites (tertiary alicyclic amines) is 1. The van der Waals surface area contributed by atoms with Crippen molar-refractivity contribution in [2.24, 2.45) is 5.92 Å². The molecular weight excluding hydrogens is 342 g/mol. The smallest absolute Gasteiger partial charge is 0.253 e. The van der Waals surface area contributed by atoms with E-state index in [2.05, 4.69) is 49.4 Å².